The zero-order valence-electron chi connectivity index (χ0n) is 8.27. The molecule has 5 heteroatoms. The first kappa shape index (κ1) is 9.67. The van der Waals surface area contributed by atoms with Gasteiger partial charge in [-0.3, -0.25) is 0 Å². The van der Waals surface area contributed by atoms with E-state index in [1.165, 1.54) is 0 Å². The molecule has 0 aliphatic carbocycles. The van der Waals surface area contributed by atoms with Gasteiger partial charge in [-0.05, 0) is 12.1 Å². The summed E-state index contributed by atoms with van der Waals surface area (Å²) < 4.78 is 5.16. The second kappa shape index (κ2) is 4.10. The lowest BCUT2D eigenvalue weighted by Crippen LogP contribution is -1.92. The van der Waals surface area contributed by atoms with Crippen molar-refractivity contribution >= 4 is 0 Å². The summed E-state index contributed by atoms with van der Waals surface area (Å²) in [5.41, 5.74) is 1.29. The number of aromatic amines is 1. The zero-order valence-corrected chi connectivity index (χ0v) is 8.27. The van der Waals surface area contributed by atoms with Gasteiger partial charge in [0.2, 0.25) is 0 Å². The number of aromatic nitrogens is 3. The number of aliphatic hydroxyl groups excluding tert-OH is 1. The largest absolute Gasteiger partial charge is 0.494 e. The number of H-pyrrole nitrogens is 1. The molecule has 0 saturated heterocycles. The van der Waals surface area contributed by atoms with Crippen LogP contribution < -0.4 is 4.74 Å². The fourth-order valence-corrected chi connectivity index (χ4v) is 1.29. The lowest BCUT2D eigenvalue weighted by Gasteiger charge is -2.03. The Hall–Kier alpha value is -1.88. The second-order valence-corrected chi connectivity index (χ2v) is 2.97. The van der Waals surface area contributed by atoms with E-state index >= 15 is 0 Å². The van der Waals surface area contributed by atoms with E-state index in [0.717, 1.165) is 0 Å². The van der Waals surface area contributed by atoms with E-state index in [2.05, 4.69) is 15.0 Å². The number of nitrogens with one attached hydrogen (secondary N) is 1. The van der Waals surface area contributed by atoms with Crippen LogP contribution in [0.5, 0.6) is 5.75 Å². The van der Waals surface area contributed by atoms with Crippen molar-refractivity contribution in [1.82, 2.24) is 15.0 Å². The van der Waals surface area contributed by atoms with Gasteiger partial charge < -0.3 is 14.8 Å². The van der Waals surface area contributed by atoms with E-state index in [-0.39, 0.29) is 6.61 Å². The molecule has 2 N–H and O–H groups in total. The molecule has 0 bridgehead atoms. The number of rotatable bonds is 3. The average Bonchev–Trinajstić information content (AvgIpc) is 2.77. The van der Waals surface area contributed by atoms with Gasteiger partial charge >= 0.3 is 0 Å². The van der Waals surface area contributed by atoms with Crippen molar-refractivity contribution in [3.05, 3.63) is 30.2 Å². The minimum Gasteiger partial charge on any atom is -0.494 e. The molecule has 0 unspecified atom stereocenters. The number of pyridine rings is 1. The maximum atomic E-state index is 8.90. The molecule has 2 rings (SSSR count). The third-order valence-corrected chi connectivity index (χ3v) is 2.01. The Labute approximate surface area is 86.8 Å². The predicted molar refractivity (Wildman–Crippen MR) is 54.3 cm³/mol. The van der Waals surface area contributed by atoms with Crippen LogP contribution in [0.2, 0.25) is 0 Å². The molecule has 0 fully saturated rings. The summed E-state index contributed by atoms with van der Waals surface area (Å²) in [5.74, 6) is 1.24. The van der Waals surface area contributed by atoms with Gasteiger partial charge in [-0.2, -0.15) is 0 Å². The lowest BCUT2D eigenvalue weighted by molar-refractivity contribution is 0.277. The number of imidazole rings is 1. The molecule has 0 aliphatic heterocycles. The summed E-state index contributed by atoms with van der Waals surface area (Å²) in [4.78, 5) is 11.2. The van der Waals surface area contributed by atoms with Crippen LogP contribution in [0.25, 0.3) is 11.5 Å². The lowest BCUT2D eigenvalue weighted by atomic mass is 10.3. The Bertz CT molecular complexity index is 453. The number of aliphatic hydroxyl groups is 1. The summed E-state index contributed by atoms with van der Waals surface area (Å²) in [6.07, 6.45) is 3.24. The van der Waals surface area contributed by atoms with Crippen LogP contribution in [0.3, 0.4) is 0 Å². The minimum atomic E-state index is -0.0673. The Kier molecular flexibility index (Phi) is 2.64. The Balaban J connectivity index is 2.44. The van der Waals surface area contributed by atoms with E-state index in [9.17, 15) is 0 Å². The van der Waals surface area contributed by atoms with Crippen molar-refractivity contribution in [3.63, 3.8) is 0 Å². The summed E-state index contributed by atoms with van der Waals surface area (Å²) >= 11 is 0. The molecule has 2 heterocycles. The molecule has 0 radical (unpaired) electrons. The zero-order chi connectivity index (χ0) is 10.7. The number of ether oxygens (including phenoxy) is 1. The molecule has 0 aromatic carbocycles. The van der Waals surface area contributed by atoms with E-state index in [1.807, 2.05) is 6.07 Å². The van der Waals surface area contributed by atoms with Crippen molar-refractivity contribution < 1.29 is 9.84 Å². The van der Waals surface area contributed by atoms with Crippen LogP contribution >= 0.6 is 0 Å². The van der Waals surface area contributed by atoms with Crippen molar-refractivity contribution in [2.75, 3.05) is 7.11 Å². The van der Waals surface area contributed by atoms with Gasteiger partial charge in [-0.25, -0.2) is 9.97 Å². The smallest absolute Gasteiger partial charge is 0.160 e. The highest BCUT2D eigenvalue weighted by Crippen LogP contribution is 2.24. The first-order valence-electron chi connectivity index (χ1n) is 4.49. The molecule has 2 aromatic heterocycles. The van der Waals surface area contributed by atoms with E-state index in [1.54, 1.807) is 25.6 Å². The van der Waals surface area contributed by atoms with E-state index < -0.39 is 0 Å². The van der Waals surface area contributed by atoms with Crippen LogP contribution in [0.4, 0.5) is 0 Å². The molecule has 15 heavy (non-hydrogen) atoms. The Morgan fingerprint density at radius 3 is 3.00 bits per heavy atom. The summed E-state index contributed by atoms with van der Waals surface area (Å²) in [6.45, 7) is -0.0673. The number of hydrogen-bond acceptors (Lipinski definition) is 4. The number of methoxy groups -OCH3 is 1. The molecule has 0 amide bonds. The molecule has 0 aliphatic rings. The summed E-state index contributed by atoms with van der Waals surface area (Å²) in [6, 6.07) is 3.60. The predicted octanol–water partition coefficient (Wildman–Crippen LogP) is 0.973. The maximum Gasteiger partial charge on any atom is 0.160 e. The number of hydrogen-bond donors (Lipinski definition) is 2. The normalized spacial score (nSPS) is 10.3. The molecule has 0 saturated carbocycles. The highest BCUT2D eigenvalue weighted by atomic mass is 16.5. The van der Waals surface area contributed by atoms with Gasteiger partial charge in [-0.15, -0.1) is 0 Å². The topological polar surface area (TPSA) is 71.0 Å². The summed E-state index contributed by atoms with van der Waals surface area (Å²) in [5, 5.41) is 8.90. The van der Waals surface area contributed by atoms with Crippen LogP contribution in [-0.4, -0.2) is 27.2 Å². The fraction of sp³-hybridized carbons (Fsp3) is 0.200. The van der Waals surface area contributed by atoms with Gasteiger partial charge in [0.15, 0.2) is 5.82 Å². The Morgan fingerprint density at radius 1 is 1.47 bits per heavy atom. The third kappa shape index (κ3) is 1.82. The van der Waals surface area contributed by atoms with Crippen LogP contribution in [0.15, 0.2) is 24.5 Å². The molecule has 78 valence electrons. The highest BCUT2D eigenvalue weighted by Gasteiger charge is 2.09. The van der Waals surface area contributed by atoms with Crippen LogP contribution in [0.1, 0.15) is 5.69 Å². The van der Waals surface area contributed by atoms with E-state index in [4.69, 9.17) is 9.84 Å². The quantitative estimate of drug-likeness (QED) is 0.783. The minimum absolute atomic E-state index is 0.0673. The maximum absolute atomic E-state index is 8.90. The number of nitrogens with zero attached hydrogens (tertiary/aromatic N) is 2. The highest BCUT2D eigenvalue weighted by molar-refractivity contribution is 5.58. The molecule has 2 aromatic rings. The molecule has 0 atom stereocenters. The molecular formula is C10H11N3O2. The van der Waals surface area contributed by atoms with Gasteiger partial charge in [0.25, 0.3) is 0 Å². The molecular weight excluding hydrogens is 194 g/mol. The summed E-state index contributed by atoms with van der Waals surface area (Å²) in [7, 11) is 1.58. The first-order chi connectivity index (χ1) is 7.35. The first-order valence-corrected chi connectivity index (χ1v) is 4.49. The van der Waals surface area contributed by atoms with Crippen molar-refractivity contribution in [1.29, 1.82) is 0 Å². The standard InChI is InChI=1S/C10H11N3O2/c1-15-8-3-2-4-11-9(8)10-12-5-7(6-14)13-10/h2-5,14H,6H2,1H3,(H,12,13). The second-order valence-electron chi connectivity index (χ2n) is 2.97. The SMILES string of the molecule is COc1cccnc1-c1ncc(CO)[nH]1. The van der Waals surface area contributed by atoms with Gasteiger partial charge in [-0.1, -0.05) is 0 Å². The van der Waals surface area contributed by atoms with Gasteiger partial charge in [0.1, 0.15) is 11.4 Å². The average molecular weight is 205 g/mol. The van der Waals surface area contributed by atoms with Gasteiger partial charge in [0, 0.05) is 6.20 Å². The fourth-order valence-electron chi connectivity index (χ4n) is 1.29. The van der Waals surface area contributed by atoms with E-state index in [0.29, 0.717) is 23.0 Å². The molecule has 5 nitrogen and oxygen atoms in total. The molecule has 0 spiro atoms. The van der Waals surface area contributed by atoms with Crippen LogP contribution in [0, 0.1) is 0 Å². The van der Waals surface area contributed by atoms with Crippen molar-refractivity contribution in [3.8, 4) is 17.3 Å². The van der Waals surface area contributed by atoms with Crippen LogP contribution in [-0.2, 0) is 6.61 Å². The third-order valence-electron chi connectivity index (χ3n) is 2.01. The van der Waals surface area contributed by atoms with Crippen molar-refractivity contribution in [2.24, 2.45) is 0 Å². The Morgan fingerprint density at radius 2 is 2.33 bits per heavy atom. The van der Waals surface area contributed by atoms with Gasteiger partial charge in [0.05, 0.1) is 25.6 Å². The van der Waals surface area contributed by atoms with Crippen molar-refractivity contribution in [2.45, 2.75) is 6.61 Å². The monoisotopic (exact) mass is 205 g/mol.